The molecule has 1 radical (unpaired) electrons. The molecule has 0 aliphatic carbocycles. The van der Waals surface area contributed by atoms with E-state index in [-0.39, 0.29) is 0 Å². The Hall–Kier alpha value is -0.350. The molecule has 0 unspecified atom stereocenters. The van der Waals surface area contributed by atoms with Gasteiger partial charge in [0, 0.05) is 0 Å². The van der Waals surface area contributed by atoms with Crippen molar-refractivity contribution in [3.05, 3.63) is 35.9 Å². The van der Waals surface area contributed by atoms with Gasteiger partial charge in [0.15, 0.2) is 0 Å². The van der Waals surface area contributed by atoms with Crippen LogP contribution in [0.5, 0.6) is 0 Å². The molecule has 0 amide bonds. The van der Waals surface area contributed by atoms with E-state index in [1.54, 1.807) is 8.58 Å². The Morgan fingerprint density at radius 3 is 2.58 bits per heavy atom. The predicted molar refractivity (Wildman–Crippen MR) is 56.8 cm³/mol. The lowest BCUT2D eigenvalue weighted by atomic mass is 10.2. The second-order valence-electron chi connectivity index (χ2n) is 2.94. The van der Waals surface area contributed by atoms with E-state index in [0.717, 1.165) is 0 Å². The molecular formula is C11H16P. The van der Waals surface area contributed by atoms with Crippen LogP contribution in [0.25, 0.3) is 0 Å². The van der Waals surface area contributed by atoms with Crippen molar-refractivity contribution in [1.29, 1.82) is 0 Å². The summed E-state index contributed by atoms with van der Waals surface area (Å²) in [6, 6.07) is 10.7. The summed E-state index contributed by atoms with van der Waals surface area (Å²) in [5.41, 5.74) is 1.47. The lowest BCUT2D eigenvalue weighted by molar-refractivity contribution is 0.893. The van der Waals surface area contributed by atoms with Gasteiger partial charge in [-0.2, -0.15) is 0 Å². The van der Waals surface area contributed by atoms with E-state index >= 15 is 0 Å². The van der Waals surface area contributed by atoms with Gasteiger partial charge in [-0.3, -0.25) is 0 Å². The maximum absolute atomic E-state index is 2.25. The number of unbranched alkanes of at least 4 members (excludes halogenated alkanes) is 1. The van der Waals surface area contributed by atoms with E-state index in [9.17, 15) is 0 Å². The first-order chi connectivity index (χ1) is 5.93. The molecule has 0 N–H and O–H groups in total. The summed E-state index contributed by atoms with van der Waals surface area (Å²) < 4.78 is 0. The van der Waals surface area contributed by atoms with Gasteiger partial charge < -0.3 is 0 Å². The van der Waals surface area contributed by atoms with Crippen LogP contribution in [0.4, 0.5) is 0 Å². The quantitative estimate of drug-likeness (QED) is 0.474. The van der Waals surface area contributed by atoms with E-state index in [0.29, 0.717) is 0 Å². The molecule has 0 aliphatic rings. The molecule has 0 bridgehead atoms. The van der Waals surface area contributed by atoms with Crippen molar-refractivity contribution >= 4 is 8.58 Å². The van der Waals surface area contributed by atoms with Gasteiger partial charge in [-0.1, -0.05) is 52.3 Å². The Morgan fingerprint density at radius 1 is 1.17 bits per heavy atom. The summed E-state index contributed by atoms with van der Waals surface area (Å²) in [5.74, 6) is 0. The van der Waals surface area contributed by atoms with Gasteiger partial charge in [0.2, 0.25) is 0 Å². The highest BCUT2D eigenvalue weighted by Gasteiger charge is 1.91. The molecule has 1 rings (SSSR count). The summed E-state index contributed by atoms with van der Waals surface area (Å²) in [6.07, 6.45) is 5.27. The first kappa shape index (κ1) is 9.74. The van der Waals surface area contributed by atoms with Crippen LogP contribution in [-0.4, -0.2) is 6.16 Å². The van der Waals surface area contributed by atoms with Crippen molar-refractivity contribution < 1.29 is 0 Å². The van der Waals surface area contributed by atoms with E-state index in [1.807, 2.05) is 0 Å². The minimum Gasteiger partial charge on any atom is -0.0762 e. The molecule has 0 fully saturated rings. The zero-order chi connectivity index (χ0) is 8.65. The molecule has 0 aromatic heterocycles. The molecule has 0 aliphatic heterocycles. The summed E-state index contributed by atoms with van der Waals surface area (Å²) in [6.45, 7) is 2.25. The van der Waals surface area contributed by atoms with Crippen LogP contribution in [0.15, 0.2) is 30.3 Å². The molecule has 0 saturated carbocycles. The number of hydrogen-bond acceptors (Lipinski definition) is 0. The van der Waals surface area contributed by atoms with Crippen LogP contribution in [0.2, 0.25) is 0 Å². The first-order valence-corrected chi connectivity index (χ1v) is 5.87. The molecule has 0 nitrogen and oxygen atoms in total. The minimum atomic E-state index is 1.22. The summed E-state index contributed by atoms with van der Waals surface area (Å²) >= 11 is 0. The number of rotatable bonds is 5. The molecule has 1 aromatic carbocycles. The van der Waals surface area contributed by atoms with E-state index in [2.05, 4.69) is 37.3 Å². The minimum absolute atomic E-state index is 1.22. The van der Waals surface area contributed by atoms with Crippen molar-refractivity contribution in [2.45, 2.75) is 25.9 Å². The van der Waals surface area contributed by atoms with Crippen LogP contribution < -0.4 is 0 Å². The second kappa shape index (κ2) is 6.20. The highest BCUT2D eigenvalue weighted by molar-refractivity contribution is 7.37. The Bertz CT molecular complexity index is 193. The van der Waals surface area contributed by atoms with Crippen molar-refractivity contribution in [3.8, 4) is 0 Å². The summed E-state index contributed by atoms with van der Waals surface area (Å²) in [7, 11) is 1.57. The van der Waals surface area contributed by atoms with Crippen LogP contribution >= 0.6 is 8.58 Å². The van der Waals surface area contributed by atoms with Gasteiger partial charge in [-0.25, -0.2) is 0 Å². The highest BCUT2D eigenvalue weighted by Crippen LogP contribution is 2.19. The van der Waals surface area contributed by atoms with Gasteiger partial charge >= 0.3 is 0 Å². The fourth-order valence-corrected chi connectivity index (χ4v) is 2.23. The summed E-state index contributed by atoms with van der Waals surface area (Å²) in [5, 5.41) is 0. The van der Waals surface area contributed by atoms with Crippen molar-refractivity contribution in [2.24, 2.45) is 0 Å². The fraction of sp³-hybridized carbons (Fsp3) is 0.455. The zero-order valence-corrected chi connectivity index (χ0v) is 8.56. The molecule has 1 heteroatoms. The maximum Gasteiger partial charge on any atom is -0.00342 e. The molecule has 65 valence electrons. The number of hydrogen-bond donors (Lipinski definition) is 0. The monoisotopic (exact) mass is 179 g/mol. The average Bonchev–Trinajstić information content (AvgIpc) is 2.14. The van der Waals surface area contributed by atoms with Gasteiger partial charge in [0.1, 0.15) is 0 Å². The lowest BCUT2D eigenvalue weighted by Crippen LogP contribution is -1.79. The molecule has 0 heterocycles. The third-order valence-electron chi connectivity index (χ3n) is 1.81. The molecule has 0 saturated heterocycles. The molecule has 12 heavy (non-hydrogen) atoms. The van der Waals surface area contributed by atoms with Gasteiger partial charge in [0.05, 0.1) is 0 Å². The van der Waals surface area contributed by atoms with E-state index in [1.165, 1.54) is 30.7 Å². The SMILES string of the molecule is CCCC[P]Cc1ccccc1. The standard InChI is InChI=1S/C11H16P/c1-2-3-9-12-10-11-7-5-4-6-8-11/h4-8H,2-3,9-10H2,1H3. The van der Waals surface area contributed by atoms with Crippen LogP contribution in [0.3, 0.4) is 0 Å². The molecule has 0 spiro atoms. The maximum atomic E-state index is 2.25. The van der Waals surface area contributed by atoms with Crippen molar-refractivity contribution in [2.75, 3.05) is 6.16 Å². The third-order valence-corrected chi connectivity index (χ3v) is 3.03. The Balaban J connectivity index is 2.16. The number of benzene rings is 1. The van der Waals surface area contributed by atoms with Gasteiger partial charge in [-0.05, 0) is 24.3 Å². The Labute approximate surface area is 77.2 Å². The van der Waals surface area contributed by atoms with Crippen molar-refractivity contribution in [1.82, 2.24) is 0 Å². The average molecular weight is 179 g/mol. The topological polar surface area (TPSA) is 0 Å². The first-order valence-electron chi connectivity index (χ1n) is 4.60. The van der Waals surface area contributed by atoms with E-state index in [4.69, 9.17) is 0 Å². The zero-order valence-electron chi connectivity index (χ0n) is 7.66. The second-order valence-corrected chi connectivity index (χ2v) is 4.16. The normalized spacial score (nSPS) is 11.1. The fourth-order valence-electron chi connectivity index (χ4n) is 1.06. The van der Waals surface area contributed by atoms with Gasteiger partial charge in [-0.15, -0.1) is 0 Å². The van der Waals surface area contributed by atoms with Crippen LogP contribution in [-0.2, 0) is 6.16 Å². The third kappa shape index (κ3) is 3.88. The van der Waals surface area contributed by atoms with Crippen LogP contribution in [0, 0.1) is 0 Å². The van der Waals surface area contributed by atoms with Gasteiger partial charge in [0.25, 0.3) is 0 Å². The molecule has 0 atom stereocenters. The molecular weight excluding hydrogens is 163 g/mol. The van der Waals surface area contributed by atoms with Crippen LogP contribution in [0.1, 0.15) is 25.3 Å². The largest absolute Gasteiger partial charge is 0.0762 e. The summed E-state index contributed by atoms with van der Waals surface area (Å²) in [4.78, 5) is 0. The predicted octanol–water partition coefficient (Wildman–Crippen LogP) is 3.93. The highest BCUT2D eigenvalue weighted by atomic mass is 31.1. The van der Waals surface area contributed by atoms with E-state index < -0.39 is 0 Å². The molecule has 1 aromatic rings. The Kier molecular flexibility index (Phi) is 5.03. The lowest BCUT2D eigenvalue weighted by Gasteiger charge is -1.99. The smallest absolute Gasteiger partial charge is 0.00342 e. The Morgan fingerprint density at radius 2 is 1.92 bits per heavy atom. The van der Waals surface area contributed by atoms with Crippen molar-refractivity contribution in [3.63, 3.8) is 0 Å².